The average molecular weight is 240 g/mol. The molecule has 0 saturated heterocycles. The zero-order valence-corrected chi connectivity index (χ0v) is 9.61. The van der Waals surface area contributed by atoms with E-state index in [2.05, 4.69) is 15.0 Å². The molecule has 3 heterocycles. The summed E-state index contributed by atoms with van der Waals surface area (Å²) in [6, 6.07) is 7.66. The van der Waals surface area contributed by atoms with Crippen LogP contribution in [0.15, 0.2) is 36.7 Å². The molecule has 3 aromatic rings. The van der Waals surface area contributed by atoms with Crippen molar-refractivity contribution in [2.45, 2.75) is 6.54 Å². The van der Waals surface area contributed by atoms with E-state index in [0.717, 1.165) is 16.7 Å². The van der Waals surface area contributed by atoms with Crippen LogP contribution in [0, 0.1) is 0 Å². The van der Waals surface area contributed by atoms with Crippen molar-refractivity contribution in [3.8, 4) is 0 Å². The van der Waals surface area contributed by atoms with Gasteiger partial charge in [0.25, 0.3) is 0 Å². The second-order valence-corrected chi connectivity index (χ2v) is 3.97. The van der Waals surface area contributed by atoms with Crippen molar-refractivity contribution in [1.82, 2.24) is 19.5 Å². The largest absolute Gasteiger partial charge is 0.382 e. The molecular weight excluding hydrogens is 228 g/mol. The first kappa shape index (κ1) is 10.5. The van der Waals surface area contributed by atoms with Crippen LogP contribution in [0.25, 0.3) is 11.0 Å². The second kappa shape index (κ2) is 3.99. The number of nitrogen functional groups attached to an aromatic ring is 2. The summed E-state index contributed by atoms with van der Waals surface area (Å²) in [5, 5.41) is 0. The summed E-state index contributed by atoms with van der Waals surface area (Å²) in [7, 11) is 0. The van der Waals surface area contributed by atoms with E-state index in [9.17, 15) is 0 Å². The SMILES string of the molecule is Nc1nc(N)c2c(ccn2Cc2ccccn2)n1. The molecule has 0 fully saturated rings. The normalized spacial score (nSPS) is 10.9. The van der Waals surface area contributed by atoms with Gasteiger partial charge in [-0.05, 0) is 18.2 Å². The van der Waals surface area contributed by atoms with Gasteiger partial charge in [-0.2, -0.15) is 4.98 Å². The van der Waals surface area contributed by atoms with Crippen LogP contribution in [0.1, 0.15) is 5.69 Å². The van der Waals surface area contributed by atoms with Crippen molar-refractivity contribution < 1.29 is 0 Å². The molecule has 4 N–H and O–H groups in total. The van der Waals surface area contributed by atoms with Gasteiger partial charge in [0.1, 0.15) is 5.52 Å². The Labute approximate surface area is 103 Å². The molecule has 0 aromatic carbocycles. The number of nitrogens with two attached hydrogens (primary N) is 2. The van der Waals surface area contributed by atoms with Crippen LogP contribution in [0.4, 0.5) is 11.8 Å². The van der Waals surface area contributed by atoms with Crippen LogP contribution >= 0.6 is 0 Å². The highest BCUT2D eigenvalue weighted by molar-refractivity contribution is 5.86. The van der Waals surface area contributed by atoms with Gasteiger partial charge in [-0.3, -0.25) is 4.98 Å². The first-order chi connectivity index (χ1) is 8.74. The number of rotatable bonds is 2. The number of fused-ring (bicyclic) bond motifs is 1. The molecule has 0 bridgehead atoms. The molecule has 0 radical (unpaired) electrons. The van der Waals surface area contributed by atoms with Crippen LogP contribution in [0.3, 0.4) is 0 Å². The van der Waals surface area contributed by atoms with Crippen molar-refractivity contribution in [2.24, 2.45) is 0 Å². The topological polar surface area (TPSA) is 95.6 Å². The lowest BCUT2D eigenvalue weighted by Crippen LogP contribution is -2.05. The van der Waals surface area contributed by atoms with E-state index in [-0.39, 0.29) is 5.95 Å². The molecule has 0 spiro atoms. The third-order valence-corrected chi connectivity index (χ3v) is 2.71. The molecular formula is C12H12N6. The van der Waals surface area contributed by atoms with E-state index in [0.29, 0.717) is 12.4 Å². The Balaban J connectivity index is 2.08. The van der Waals surface area contributed by atoms with Gasteiger partial charge in [0.2, 0.25) is 5.95 Å². The molecule has 0 aliphatic carbocycles. The zero-order valence-electron chi connectivity index (χ0n) is 9.61. The lowest BCUT2D eigenvalue weighted by Gasteiger charge is -2.06. The molecule has 0 atom stereocenters. The number of hydrogen-bond acceptors (Lipinski definition) is 5. The van der Waals surface area contributed by atoms with E-state index < -0.39 is 0 Å². The van der Waals surface area contributed by atoms with Gasteiger partial charge in [0, 0.05) is 12.4 Å². The molecule has 18 heavy (non-hydrogen) atoms. The average Bonchev–Trinajstić information content (AvgIpc) is 2.73. The lowest BCUT2D eigenvalue weighted by molar-refractivity contribution is 0.807. The van der Waals surface area contributed by atoms with Crippen molar-refractivity contribution in [1.29, 1.82) is 0 Å². The molecule has 90 valence electrons. The Bertz CT molecular complexity index is 688. The molecule has 0 saturated carbocycles. The Morgan fingerprint density at radius 2 is 2.00 bits per heavy atom. The zero-order chi connectivity index (χ0) is 12.5. The summed E-state index contributed by atoms with van der Waals surface area (Å²) in [5.74, 6) is 0.578. The van der Waals surface area contributed by atoms with E-state index >= 15 is 0 Å². The molecule has 6 nitrogen and oxygen atoms in total. The molecule has 3 rings (SSSR count). The summed E-state index contributed by atoms with van der Waals surface area (Å²) in [5.41, 5.74) is 13.9. The van der Waals surface area contributed by atoms with E-state index in [4.69, 9.17) is 11.5 Å². The summed E-state index contributed by atoms with van der Waals surface area (Å²) in [6.45, 7) is 0.627. The minimum atomic E-state index is 0.190. The third kappa shape index (κ3) is 1.73. The van der Waals surface area contributed by atoms with Gasteiger partial charge >= 0.3 is 0 Å². The third-order valence-electron chi connectivity index (χ3n) is 2.71. The number of anilines is 2. The molecule has 0 unspecified atom stereocenters. The van der Waals surface area contributed by atoms with Crippen LogP contribution in [0.2, 0.25) is 0 Å². The van der Waals surface area contributed by atoms with Gasteiger partial charge in [0.15, 0.2) is 5.82 Å². The molecule has 6 heteroatoms. The minimum absolute atomic E-state index is 0.190. The van der Waals surface area contributed by atoms with Gasteiger partial charge in [-0.25, -0.2) is 4.98 Å². The van der Waals surface area contributed by atoms with Gasteiger partial charge < -0.3 is 16.0 Å². The summed E-state index contributed by atoms with van der Waals surface area (Å²) in [4.78, 5) is 12.4. The Hall–Kier alpha value is -2.63. The maximum Gasteiger partial charge on any atom is 0.222 e. The van der Waals surface area contributed by atoms with Crippen LogP contribution in [0.5, 0.6) is 0 Å². The number of nitrogens with zero attached hydrogens (tertiary/aromatic N) is 4. The summed E-state index contributed by atoms with van der Waals surface area (Å²) >= 11 is 0. The van der Waals surface area contributed by atoms with Crippen molar-refractivity contribution in [2.75, 3.05) is 11.5 Å². The van der Waals surface area contributed by atoms with Crippen LogP contribution in [-0.4, -0.2) is 19.5 Å². The summed E-state index contributed by atoms with van der Waals surface area (Å²) in [6.07, 6.45) is 3.67. The molecule has 3 aromatic heterocycles. The molecule has 0 amide bonds. The van der Waals surface area contributed by atoms with Gasteiger partial charge in [-0.1, -0.05) is 6.07 Å². The van der Waals surface area contributed by atoms with Crippen LogP contribution < -0.4 is 11.5 Å². The van der Waals surface area contributed by atoms with E-state index in [1.54, 1.807) is 6.20 Å². The van der Waals surface area contributed by atoms with Gasteiger partial charge in [-0.15, -0.1) is 0 Å². The highest BCUT2D eigenvalue weighted by Crippen LogP contribution is 2.20. The molecule has 0 aliphatic rings. The van der Waals surface area contributed by atoms with Crippen molar-refractivity contribution in [3.63, 3.8) is 0 Å². The molecule has 0 aliphatic heterocycles. The van der Waals surface area contributed by atoms with Crippen LogP contribution in [-0.2, 0) is 6.54 Å². The highest BCUT2D eigenvalue weighted by atomic mass is 15.1. The monoisotopic (exact) mass is 240 g/mol. The van der Waals surface area contributed by atoms with Crippen molar-refractivity contribution >= 4 is 22.8 Å². The Morgan fingerprint density at radius 3 is 2.78 bits per heavy atom. The number of pyridine rings is 1. The smallest absolute Gasteiger partial charge is 0.222 e. The standard InChI is InChI=1S/C12H12N6/c13-11-10-9(16-12(14)17-11)4-6-18(10)7-8-3-1-2-5-15-8/h1-6H,7H2,(H4,13,14,16,17). The number of aromatic nitrogens is 4. The van der Waals surface area contributed by atoms with Gasteiger partial charge in [0.05, 0.1) is 17.8 Å². The van der Waals surface area contributed by atoms with E-state index in [1.807, 2.05) is 35.0 Å². The first-order valence-electron chi connectivity index (χ1n) is 5.52. The Morgan fingerprint density at radius 1 is 1.11 bits per heavy atom. The maximum atomic E-state index is 5.88. The fraction of sp³-hybridized carbons (Fsp3) is 0.0833. The maximum absolute atomic E-state index is 5.88. The quantitative estimate of drug-likeness (QED) is 0.697. The predicted molar refractivity (Wildman–Crippen MR) is 69.7 cm³/mol. The minimum Gasteiger partial charge on any atom is -0.382 e. The highest BCUT2D eigenvalue weighted by Gasteiger charge is 2.09. The lowest BCUT2D eigenvalue weighted by atomic mass is 10.3. The fourth-order valence-electron chi connectivity index (χ4n) is 1.95. The number of hydrogen-bond donors (Lipinski definition) is 2. The first-order valence-corrected chi connectivity index (χ1v) is 5.52. The van der Waals surface area contributed by atoms with E-state index in [1.165, 1.54) is 0 Å². The second-order valence-electron chi connectivity index (χ2n) is 3.97. The van der Waals surface area contributed by atoms with Crippen molar-refractivity contribution in [3.05, 3.63) is 42.4 Å². The Kier molecular flexibility index (Phi) is 2.33. The fourth-order valence-corrected chi connectivity index (χ4v) is 1.95. The summed E-state index contributed by atoms with van der Waals surface area (Å²) < 4.78 is 1.96. The predicted octanol–water partition coefficient (Wildman–Crippen LogP) is 1.04.